The monoisotopic (exact) mass is 304 g/mol. The number of hydrogen-bond acceptors (Lipinski definition) is 3. The third-order valence-corrected chi connectivity index (χ3v) is 4.00. The van der Waals surface area contributed by atoms with Crippen LogP contribution in [0.15, 0.2) is 12.1 Å². The van der Waals surface area contributed by atoms with Gasteiger partial charge in [0.1, 0.15) is 0 Å². The minimum Gasteiger partial charge on any atom is -0.380 e. The van der Waals surface area contributed by atoms with Gasteiger partial charge in [0.25, 0.3) is 5.91 Å². The lowest BCUT2D eigenvalue weighted by atomic mass is 9.80. The van der Waals surface area contributed by atoms with Crippen molar-refractivity contribution in [3.8, 4) is 0 Å². The van der Waals surface area contributed by atoms with Crippen LogP contribution in [0.4, 0.5) is 5.69 Å². The molecular weight excluding hydrogens is 276 g/mol. The van der Waals surface area contributed by atoms with Crippen LogP contribution < -0.4 is 10.8 Å². The van der Waals surface area contributed by atoms with E-state index in [1.54, 1.807) is 0 Å². The van der Waals surface area contributed by atoms with Crippen molar-refractivity contribution in [3.63, 3.8) is 0 Å². The maximum absolute atomic E-state index is 12.4. The van der Waals surface area contributed by atoms with E-state index in [0.717, 1.165) is 17.7 Å². The van der Waals surface area contributed by atoms with Gasteiger partial charge in [0, 0.05) is 16.8 Å². The molecule has 1 aromatic carbocycles. The molecule has 0 aromatic heterocycles. The number of amides is 1. The summed E-state index contributed by atoms with van der Waals surface area (Å²) < 4.78 is 0. The number of fused-ring (bicyclic) bond motifs is 1. The third kappa shape index (κ3) is 3.61. The summed E-state index contributed by atoms with van der Waals surface area (Å²) in [4.78, 5) is 17.8. The van der Waals surface area contributed by atoms with Gasteiger partial charge in [-0.3, -0.25) is 9.63 Å². The van der Waals surface area contributed by atoms with Crippen molar-refractivity contribution < 1.29 is 9.63 Å². The van der Waals surface area contributed by atoms with Crippen LogP contribution in [0.1, 0.15) is 75.4 Å². The Morgan fingerprint density at radius 1 is 1.36 bits per heavy atom. The first-order valence-electron chi connectivity index (χ1n) is 7.90. The maximum atomic E-state index is 12.4. The Kier molecular flexibility index (Phi) is 4.26. The van der Waals surface area contributed by atoms with E-state index in [0.29, 0.717) is 11.5 Å². The second kappa shape index (κ2) is 5.58. The van der Waals surface area contributed by atoms with Crippen LogP contribution in [0, 0.1) is 6.92 Å². The quantitative estimate of drug-likeness (QED) is 0.807. The van der Waals surface area contributed by atoms with Crippen molar-refractivity contribution in [2.45, 2.75) is 71.9 Å². The molecule has 1 atom stereocenters. The van der Waals surface area contributed by atoms with Crippen molar-refractivity contribution >= 4 is 11.6 Å². The first kappa shape index (κ1) is 16.8. The van der Waals surface area contributed by atoms with Crippen LogP contribution in [0.2, 0.25) is 0 Å². The van der Waals surface area contributed by atoms with Crippen LogP contribution >= 0.6 is 0 Å². The Labute approximate surface area is 133 Å². The predicted octanol–water partition coefficient (Wildman–Crippen LogP) is 4.15. The van der Waals surface area contributed by atoms with Crippen LogP contribution in [0.3, 0.4) is 0 Å². The molecule has 0 fully saturated rings. The summed E-state index contributed by atoms with van der Waals surface area (Å²) in [7, 11) is 0. The highest BCUT2D eigenvalue weighted by molar-refractivity contribution is 5.97. The van der Waals surface area contributed by atoms with Gasteiger partial charge in [0.15, 0.2) is 0 Å². The van der Waals surface area contributed by atoms with Crippen LogP contribution in [-0.2, 0) is 4.84 Å². The fraction of sp³-hybridized carbons (Fsp3) is 0.611. The topological polar surface area (TPSA) is 50.4 Å². The number of carbonyl (C=O) groups excluding carboxylic acids is 1. The van der Waals surface area contributed by atoms with Gasteiger partial charge in [-0.2, -0.15) is 0 Å². The first-order chi connectivity index (χ1) is 10.0. The lowest BCUT2D eigenvalue weighted by Gasteiger charge is -2.38. The standard InChI is InChI=1S/C18H28N2O2/c1-11-10-18(6,7)19-15-12(2)14(9-8-13(11)15)16(21)20-22-17(3,4)5/h8-9,11,19H,10H2,1-7H3,(H,20,21). The average Bonchev–Trinajstić information content (AvgIpc) is 2.35. The smallest absolute Gasteiger partial charge is 0.275 e. The molecule has 2 N–H and O–H groups in total. The van der Waals surface area contributed by atoms with E-state index in [1.165, 1.54) is 5.56 Å². The Morgan fingerprint density at radius 2 is 2.00 bits per heavy atom. The molecule has 1 unspecified atom stereocenters. The zero-order valence-electron chi connectivity index (χ0n) is 14.8. The molecule has 0 bridgehead atoms. The Morgan fingerprint density at radius 3 is 2.59 bits per heavy atom. The fourth-order valence-electron chi connectivity index (χ4n) is 3.07. The van der Waals surface area contributed by atoms with Crippen molar-refractivity contribution in [2.24, 2.45) is 0 Å². The summed E-state index contributed by atoms with van der Waals surface area (Å²) in [5.41, 5.74) is 6.18. The molecule has 1 heterocycles. The van der Waals surface area contributed by atoms with Gasteiger partial charge in [-0.15, -0.1) is 0 Å². The zero-order chi connectivity index (χ0) is 16.7. The first-order valence-corrected chi connectivity index (χ1v) is 7.90. The van der Waals surface area contributed by atoms with Crippen LogP contribution in [0.25, 0.3) is 0 Å². The number of benzene rings is 1. The molecule has 1 aromatic rings. The highest BCUT2D eigenvalue weighted by Gasteiger charge is 2.31. The van der Waals surface area contributed by atoms with Crippen molar-refractivity contribution in [3.05, 3.63) is 28.8 Å². The van der Waals surface area contributed by atoms with E-state index >= 15 is 0 Å². The lowest BCUT2D eigenvalue weighted by Crippen LogP contribution is -2.38. The average molecular weight is 304 g/mol. The number of hydrogen-bond donors (Lipinski definition) is 2. The molecule has 0 saturated carbocycles. The largest absolute Gasteiger partial charge is 0.380 e. The molecule has 22 heavy (non-hydrogen) atoms. The van der Waals surface area contributed by atoms with Gasteiger partial charge < -0.3 is 5.32 Å². The summed E-state index contributed by atoms with van der Waals surface area (Å²) in [5.74, 6) is 0.279. The molecule has 4 heteroatoms. The Bertz CT molecular complexity index is 585. The molecule has 0 spiro atoms. The maximum Gasteiger partial charge on any atom is 0.275 e. The third-order valence-electron chi connectivity index (χ3n) is 4.00. The second-order valence-corrected chi connectivity index (χ2v) is 7.96. The van der Waals surface area contributed by atoms with Gasteiger partial charge in [0.05, 0.1) is 5.60 Å². The van der Waals surface area contributed by atoms with Crippen molar-refractivity contribution in [1.82, 2.24) is 5.48 Å². The van der Waals surface area contributed by atoms with Gasteiger partial charge >= 0.3 is 0 Å². The molecule has 122 valence electrons. The highest BCUT2D eigenvalue weighted by atomic mass is 16.7. The molecule has 2 rings (SSSR count). The SMILES string of the molecule is Cc1c(C(=O)NOC(C)(C)C)ccc2c1NC(C)(C)CC2C. The molecule has 1 aliphatic heterocycles. The summed E-state index contributed by atoms with van der Waals surface area (Å²) in [6.07, 6.45) is 1.08. The number of rotatable bonds is 2. The van der Waals surface area contributed by atoms with Gasteiger partial charge in [0.2, 0.25) is 0 Å². The van der Waals surface area contributed by atoms with E-state index in [-0.39, 0.29) is 11.4 Å². The van der Waals surface area contributed by atoms with Crippen LogP contribution in [0.5, 0.6) is 0 Å². The predicted molar refractivity (Wildman–Crippen MR) is 90.2 cm³/mol. The summed E-state index contributed by atoms with van der Waals surface area (Å²) in [6.45, 7) is 14.3. The molecule has 0 saturated heterocycles. The van der Waals surface area contributed by atoms with E-state index < -0.39 is 5.60 Å². The Balaban J connectivity index is 2.31. The lowest BCUT2D eigenvalue weighted by molar-refractivity contribution is -0.0589. The summed E-state index contributed by atoms with van der Waals surface area (Å²) >= 11 is 0. The summed E-state index contributed by atoms with van der Waals surface area (Å²) in [5, 5.41) is 3.58. The van der Waals surface area contributed by atoms with E-state index in [1.807, 2.05) is 33.8 Å². The van der Waals surface area contributed by atoms with Gasteiger partial charge in [-0.1, -0.05) is 13.0 Å². The van der Waals surface area contributed by atoms with Crippen molar-refractivity contribution in [2.75, 3.05) is 5.32 Å². The van der Waals surface area contributed by atoms with E-state index in [2.05, 4.69) is 37.6 Å². The fourth-order valence-corrected chi connectivity index (χ4v) is 3.07. The number of hydroxylamine groups is 1. The normalized spacial score (nSPS) is 20.0. The molecule has 1 aliphatic rings. The van der Waals surface area contributed by atoms with Crippen LogP contribution in [-0.4, -0.2) is 17.0 Å². The molecule has 1 amide bonds. The number of nitrogens with one attached hydrogen (secondary N) is 2. The summed E-state index contributed by atoms with van der Waals surface area (Å²) in [6, 6.07) is 3.95. The van der Waals surface area contributed by atoms with Gasteiger partial charge in [-0.25, -0.2) is 5.48 Å². The minimum absolute atomic E-state index is 0.0359. The van der Waals surface area contributed by atoms with E-state index in [4.69, 9.17) is 4.84 Å². The number of carbonyl (C=O) groups is 1. The second-order valence-electron chi connectivity index (χ2n) is 7.96. The van der Waals surface area contributed by atoms with Gasteiger partial charge in [-0.05, 0) is 71.1 Å². The molecular formula is C18H28N2O2. The zero-order valence-corrected chi connectivity index (χ0v) is 14.8. The number of anilines is 1. The minimum atomic E-state index is -0.410. The molecule has 4 nitrogen and oxygen atoms in total. The highest BCUT2D eigenvalue weighted by Crippen LogP contribution is 2.41. The molecule has 0 aliphatic carbocycles. The molecule has 0 radical (unpaired) electrons. The van der Waals surface area contributed by atoms with E-state index in [9.17, 15) is 4.79 Å². The Hall–Kier alpha value is -1.55. The van der Waals surface area contributed by atoms with Crippen molar-refractivity contribution in [1.29, 1.82) is 0 Å².